The third kappa shape index (κ3) is 3.91. The number of carbonyl (C=O) groups excluding carboxylic acids is 1. The highest BCUT2D eigenvalue weighted by atomic mass is 35.5. The van der Waals surface area contributed by atoms with Crippen molar-refractivity contribution in [2.24, 2.45) is 17.6 Å². The molecule has 1 atom stereocenters. The molecule has 0 spiro atoms. The third-order valence-corrected chi connectivity index (χ3v) is 3.56. The molecular weight excluding hydrogens is 267 g/mol. The predicted octanol–water partition coefficient (Wildman–Crippen LogP) is 2.67. The Morgan fingerprint density at radius 3 is 2.58 bits per heavy atom. The van der Waals surface area contributed by atoms with Crippen LogP contribution < -0.4 is 5.73 Å². The van der Waals surface area contributed by atoms with E-state index in [1.54, 1.807) is 19.2 Å². The summed E-state index contributed by atoms with van der Waals surface area (Å²) >= 11 is 5.95. The van der Waals surface area contributed by atoms with Gasteiger partial charge in [-0.25, -0.2) is 4.39 Å². The summed E-state index contributed by atoms with van der Waals surface area (Å²) in [7, 11) is 1.64. The smallest absolute Gasteiger partial charge is 0.227 e. The minimum absolute atomic E-state index is 0.0863. The summed E-state index contributed by atoms with van der Waals surface area (Å²) in [5, 5.41) is 0.327. The number of nitrogens with two attached hydrogens (primary N) is 1. The van der Waals surface area contributed by atoms with Gasteiger partial charge in [0.2, 0.25) is 5.91 Å². The van der Waals surface area contributed by atoms with Gasteiger partial charge in [0.1, 0.15) is 5.82 Å². The zero-order chi connectivity index (χ0) is 14.6. The molecule has 1 aromatic carbocycles. The number of hydrogen-bond acceptors (Lipinski definition) is 2. The van der Waals surface area contributed by atoms with Crippen LogP contribution in [0.1, 0.15) is 19.4 Å². The first-order valence-corrected chi connectivity index (χ1v) is 6.64. The highest BCUT2D eigenvalue weighted by Crippen LogP contribution is 2.21. The number of rotatable bonds is 5. The average Bonchev–Trinajstić information content (AvgIpc) is 2.34. The Labute approximate surface area is 118 Å². The predicted molar refractivity (Wildman–Crippen MR) is 75.3 cm³/mol. The molecule has 5 heteroatoms. The molecule has 106 valence electrons. The minimum atomic E-state index is -0.402. The number of amides is 1. The Bertz CT molecular complexity index is 431. The summed E-state index contributed by atoms with van der Waals surface area (Å²) in [5.41, 5.74) is 5.95. The number of halogens is 2. The van der Waals surface area contributed by atoms with Gasteiger partial charge >= 0.3 is 0 Å². The lowest BCUT2D eigenvalue weighted by molar-refractivity contribution is -0.135. The van der Waals surface area contributed by atoms with Crippen LogP contribution in [-0.2, 0) is 11.3 Å². The number of carbonyl (C=O) groups is 1. The van der Waals surface area contributed by atoms with Crippen LogP contribution in [-0.4, -0.2) is 24.4 Å². The molecule has 0 aromatic heterocycles. The number of hydrogen-bond donors (Lipinski definition) is 1. The fraction of sp³-hybridized carbons (Fsp3) is 0.500. The van der Waals surface area contributed by atoms with E-state index in [1.165, 1.54) is 11.0 Å². The first kappa shape index (κ1) is 15.9. The largest absolute Gasteiger partial charge is 0.341 e. The fourth-order valence-electron chi connectivity index (χ4n) is 1.94. The maximum Gasteiger partial charge on any atom is 0.227 e. The van der Waals surface area contributed by atoms with Crippen LogP contribution in [0, 0.1) is 17.7 Å². The maximum absolute atomic E-state index is 13.7. The molecule has 0 saturated carbocycles. The minimum Gasteiger partial charge on any atom is -0.341 e. The average molecular weight is 287 g/mol. The standard InChI is InChI=1S/C14H20ClFN2O/c1-9(2)10(7-17)14(19)18(3)8-11-12(15)5-4-6-13(11)16/h4-6,9-10H,7-8,17H2,1-3H3. The fourth-order valence-corrected chi connectivity index (χ4v) is 2.16. The monoisotopic (exact) mass is 286 g/mol. The van der Waals surface area contributed by atoms with Crippen molar-refractivity contribution in [3.8, 4) is 0 Å². The van der Waals surface area contributed by atoms with E-state index in [2.05, 4.69) is 0 Å². The zero-order valence-electron chi connectivity index (χ0n) is 11.5. The van der Waals surface area contributed by atoms with Crippen molar-refractivity contribution in [3.63, 3.8) is 0 Å². The summed E-state index contributed by atoms with van der Waals surface area (Å²) < 4.78 is 13.7. The van der Waals surface area contributed by atoms with E-state index in [1.807, 2.05) is 13.8 Å². The second kappa shape index (κ2) is 6.87. The lowest BCUT2D eigenvalue weighted by Crippen LogP contribution is -2.39. The summed E-state index contributed by atoms with van der Waals surface area (Å²) in [5.74, 6) is -0.593. The van der Waals surface area contributed by atoms with Crippen molar-refractivity contribution in [2.45, 2.75) is 20.4 Å². The Balaban J connectivity index is 2.85. The summed E-state index contributed by atoms with van der Waals surface area (Å²) in [4.78, 5) is 13.7. The Morgan fingerprint density at radius 2 is 2.11 bits per heavy atom. The molecule has 0 heterocycles. The molecule has 3 nitrogen and oxygen atoms in total. The normalized spacial score (nSPS) is 12.6. The van der Waals surface area contributed by atoms with E-state index in [0.29, 0.717) is 10.6 Å². The first-order chi connectivity index (χ1) is 8.88. The summed E-state index contributed by atoms with van der Waals surface area (Å²) in [6.07, 6.45) is 0. The molecule has 0 bridgehead atoms. The van der Waals surface area contributed by atoms with Crippen molar-refractivity contribution in [1.82, 2.24) is 4.90 Å². The molecule has 2 N–H and O–H groups in total. The molecule has 1 rings (SSSR count). The van der Waals surface area contributed by atoms with E-state index in [-0.39, 0.29) is 30.8 Å². The van der Waals surface area contributed by atoms with Crippen LogP contribution in [0.3, 0.4) is 0 Å². The highest BCUT2D eigenvalue weighted by Gasteiger charge is 2.24. The molecule has 0 fully saturated rings. The van der Waals surface area contributed by atoms with E-state index < -0.39 is 5.82 Å². The molecule has 0 aliphatic carbocycles. The molecule has 0 aliphatic rings. The molecule has 1 amide bonds. The number of nitrogens with zero attached hydrogens (tertiary/aromatic N) is 1. The van der Waals surface area contributed by atoms with Gasteiger partial charge in [0.25, 0.3) is 0 Å². The van der Waals surface area contributed by atoms with Crippen LogP contribution in [0.4, 0.5) is 4.39 Å². The van der Waals surface area contributed by atoms with Crippen molar-refractivity contribution in [3.05, 3.63) is 34.6 Å². The topological polar surface area (TPSA) is 46.3 Å². The lowest BCUT2D eigenvalue weighted by Gasteiger charge is -2.25. The summed E-state index contributed by atoms with van der Waals surface area (Å²) in [6.45, 7) is 4.32. The molecule has 0 aliphatic heterocycles. The molecule has 19 heavy (non-hydrogen) atoms. The van der Waals surface area contributed by atoms with Crippen molar-refractivity contribution < 1.29 is 9.18 Å². The Morgan fingerprint density at radius 1 is 1.47 bits per heavy atom. The van der Waals surface area contributed by atoms with E-state index in [0.717, 1.165) is 0 Å². The quantitative estimate of drug-likeness (QED) is 0.904. The first-order valence-electron chi connectivity index (χ1n) is 6.26. The van der Waals surface area contributed by atoms with Crippen LogP contribution in [0.5, 0.6) is 0 Å². The number of benzene rings is 1. The maximum atomic E-state index is 13.7. The van der Waals surface area contributed by atoms with Gasteiger partial charge in [-0.15, -0.1) is 0 Å². The lowest BCUT2D eigenvalue weighted by atomic mass is 9.94. The Kier molecular flexibility index (Phi) is 5.76. The molecule has 0 saturated heterocycles. The van der Waals surface area contributed by atoms with Crippen LogP contribution in [0.15, 0.2) is 18.2 Å². The van der Waals surface area contributed by atoms with Gasteiger partial charge in [-0.1, -0.05) is 31.5 Å². The summed E-state index contributed by atoms with van der Waals surface area (Å²) in [6, 6.07) is 4.49. The molecule has 1 unspecified atom stereocenters. The second-order valence-corrected chi connectivity index (χ2v) is 5.39. The van der Waals surface area contributed by atoms with Crippen LogP contribution in [0.25, 0.3) is 0 Å². The van der Waals surface area contributed by atoms with Gasteiger partial charge in [0.15, 0.2) is 0 Å². The van der Waals surface area contributed by atoms with Gasteiger partial charge in [0.05, 0.1) is 5.92 Å². The third-order valence-electron chi connectivity index (χ3n) is 3.21. The molecule has 0 radical (unpaired) electrons. The van der Waals surface area contributed by atoms with Gasteiger partial charge in [-0.05, 0) is 18.1 Å². The second-order valence-electron chi connectivity index (χ2n) is 4.98. The zero-order valence-corrected chi connectivity index (χ0v) is 12.2. The van der Waals surface area contributed by atoms with Crippen molar-refractivity contribution >= 4 is 17.5 Å². The molecule has 1 aromatic rings. The van der Waals surface area contributed by atoms with Gasteiger partial charge in [-0.2, -0.15) is 0 Å². The van der Waals surface area contributed by atoms with E-state index >= 15 is 0 Å². The van der Waals surface area contributed by atoms with Crippen molar-refractivity contribution in [2.75, 3.05) is 13.6 Å². The van der Waals surface area contributed by atoms with E-state index in [9.17, 15) is 9.18 Å². The highest BCUT2D eigenvalue weighted by molar-refractivity contribution is 6.31. The SMILES string of the molecule is CC(C)C(CN)C(=O)N(C)Cc1c(F)cccc1Cl. The van der Waals surface area contributed by atoms with Crippen LogP contribution in [0.2, 0.25) is 5.02 Å². The molecular formula is C14H20ClFN2O. The van der Waals surface area contributed by atoms with Crippen LogP contribution >= 0.6 is 11.6 Å². The Hall–Kier alpha value is -1.13. The van der Waals surface area contributed by atoms with Crippen molar-refractivity contribution in [1.29, 1.82) is 0 Å². The van der Waals surface area contributed by atoms with E-state index in [4.69, 9.17) is 17.3 Å². The van der Waals surface area contributed by atoms with Gasteiger partial charge in [0, 0.05) is 30.7 Å². The van der Waals surface area contributed by atoms with Gasteiger partial charge in [-0.3, -0.25) is 4.79 Å². The van der Waals surface area contributed by atoms with Gasteiger partial charge < -0.3 is 10.6 Å².